The van der Waals surface area contributed by atoms with Gasteiger partial charge in [0.25, 0.3) is 0 Å². The van der Waals surface area contributed by atoms with Gasteiger partial charge in [0.2, 0.25) is 0 Å². The number of aromatic hydroxyl groups is 1. The summed E-state index contributed by atoms with van der Waals surface area (Å²) in [7, 11) is 0. The molecule has 0 amide bonds. The van der Waals surface area contributed by atoms with E-state index in [0.717, 1.165) is 57.7 Å². The summed E-state index contributed by atoms with van der Waals surface area (Å²) in [6.07, 6.45) is 2.54. The van der Waals surface area contributed by atoms with E-state index in [1.54, 1.807) is 24.3 Å². The average molecular weight is 650 g/mol. The van der Waals surface area contributed by atoms with Gasteiger partial charge >= 0.3 is 0 Å². The molecule has 3 N–H and O–H groups in total. The Bertz CT molecular complexity index is 847. The molecule has 1 fully saturated rings. The predicted molar refractivity (Wildman–Crippen MR) is 138 cm³/mol. The number of Topliss-reactive ketones (excluding diaryl/α,β-unsaturated/α-hetero) is 1. The summed E-state index contributed by atoms with van der Waals surface area (Å²) < 4.78 is 13.3. The normalized spacial score (nSPS) is 15.6. The third kappa shape index (κ3) is 8.16. The van der Waals surface area contributed by atoms with Gasteiger partial charge in [0, 0.05) is 38.5 Å². The molecule has 1 saturated heterocycles. The minimum Gasteiger partial charge on any atom is -0.508 e. The Kier molecular flexibility index (Phi) is 9.82. The van der Waals surface area contributed by atoms with Gasteiger partial charge in [-0.25, -0.2) is 0 Å². The summed E-state index contributed by atoms with van der Waals surface area (Å²) in [4.78, 5) is 14.5. The largest absolute Gasteiger partial charge is 0.508 e. The fraction of sp³-hybridized carbons (Fsp3) is 0.435. The number of rotatable bonds is 10. The Balaban J connectivity index is 1.47. The first kappa shape index (κ1) is 24.7. The number of ketones is 1. The van der Waals surface area contributed by atoms with E-state index in [9.17, 15) is 9.90 Å². The summed E-state index contributed by atoms with van der Waals surface area (Å²) in [5, 5.41) is 9.42. The molecule has 0 bridgehead atoms. The van der Waals surface area contributed by atoms with Crippen LogP contribution < -0.4 is 10.5 Å². The maximum absolute atomic E-state index is 12.2. The molecule has 0 aliphatic carbocycles. The highest BCUT2D eigenvalue weighted by Crippen LogP contribution is 2.33. The number of ether oxygens (including phenoxy) is 2. The van der Waals surface area contributed by atoms with Crippen molar-refractivity contribution in [2.75, 3.05) is 32.8 Å². The van der Waals surface area contributed by atoms with E-state index in [1.807, 2.05) is 0 Å². The molecule has 6 nitrogen and oxygen atoms in total. The third-order valence-corrected chi connectivity index (χ3v) is 6.82. The lowest BCUT2D eigenvalue weighted by molar-refractivity contribution is -0.119. The van der Waals surface area contributed by atoms with Gasteiger partial charge in [0.15, 0.2) is 5.75 Å². The second kappa shape index (κ2) is 12.3. The minimum absolute atomic E-state index is 0.0530. The van der Waals surface area contributed by atoms with Crippen molar-refractivity contribution in [3.63, 3.8) is 0 Å². The van der Waals surface area contributed by atoms with Crippen LogP contribution >= 0.6 is 45.2 Å². The summed E-state index contributed by atoms with van der Waals surface area (Å²) >= 11 is 4.54. The van der Waals surface area contributed by atoms with Crippen LogP contribution in [0.2, 0.25) is 0 Å². The molecule has 0 spiro atoms. The Morgan fingerprint density at radius 2 is 1.77 bits per heavy atom. The first-order valence-corrected chi connectivity index (χ1v) is 12.6. The summed E-state index contributed by atoms with van der Waals surface area (Å²) in [6, 6.07) is 10.8. The smallest absolute Gasteiger partial charge is 0.154 e. The van der Waals surface area contributed by atoms with E-state index >= 15 is 0 Å². The number of benzene rings is 2. The quantitative estimate of drug-likeness (QED) is 0.373. The Morgan fingerprint density at radius 3 is 2.42 bits per heavy atom. The fourth-order valence-corrected chi connectivity index (χ4v) is 5.56. The minimum atomic E-state index is -0.0530. The van der Waals surface area contributed by atoms with Crippen LogP contribution in [0.25, 0.3) is 0 Å². The van der Waals surface area contributed by atoms with Crippen LogP contribution in [0.4, 0.5) is 0 Å². The molecule has 1 atom stereocenters. The van der Waals surface area contributed by atoms with Gasteiger partial charge in [0.05, 0.1) is 20.4 Å². The SMILES string of the molecule is N[C@H](CCC(=O)CCN1CCOCC1)Cc1cc(I)c(Oc2ccc(O)cc2)c(I)c1. The van der Waals surface area contributed by atoms with Crippen molar-refractivity contribution < 1.29 is 19.4 Å². The zero-order chi connectivity index (χ0) is 22.2. The highest BCUT2D eigenvalue weighted by molar-refractivity contribution is 14.1. The van der Waals surface area contributed by atoms with Crippen LogP contribution in [0, 0.1) is 7.14 Å². The number of nitrogens with two attached hydrogens (primary N) is 1. The van der Waals surface area contributed by atoms with Crippen LogP contribution in [0.5, 0.6) is 17.2 Å². The Morgan fingerprint density at radius 1 is 1.13 bits per heavy atom. The zero-order valence-electron chi connectivity index (χ0n) is 17.4. The summed E-state index contributed by atoms with van der Waals surface area (Å²) in [5.74, 6) is 1.96. The molecule has 2 aromatic rings. The Labute approximate surface area is 210 Å². The molecular formula is C23H28I2N2O4. The molecule has 0 aromatic heterocycles. The number of halogens is 2. The second-order valence-corrected chi connectivity index (χ2v) is 10.1. The van der Waals surface area contributed by atoms with Crippen LogP contribution in [0.15, 0.2) is 36.4 Å². The van der Waals surface area contributed by atoms with Gasteiger partial charge < -0.3 is 20.3 Å². The van der Waals surface area contributed by atoms with E-state index in [4.69, 9.17) is 15.2 Å². The van der Waals surface area contributed by atoms with E-state index in [0.29, 0.717) is 25.0 Å². The molecule has 0 radical (unpaired) electrons. The van der Waals surface area contributed by atoms with E-state index in [1.165, 1.54) is 0 Å². The first-order chi connectivity index (χ1) is 14.9. The lowest BCUT2D eigenvalue weighted by Gasteiger charge is -2.26. The predicted octanol–water partition coefficient (Wildman–Crippen LogP) is 4.34. The molecule has 2 aromatic carbocycles. The number of carbonyl (C=O) groups excluding carboxylic acids is 1. The lowest BCUT2D eigenvalue weighted by Crippen LogP contribution is -2.37. The second-order valence-electron chi connectivity index (χ2n) is 7.73. The van der Waals surface area contributed by atoms with Crippen molar-refractivity contribution in [2.24, 2.45) is 5.73 Å². The van der Waals surface area contributed by atoms with Crippen LogP contribution in [0.1, 0.15) is 24.8 Å². The summed E-state index contributed by atoms with van der Waals surface area (Å²) in [5.41, 5.74) is 7.47. The molecule has 168 valence electrons. The van der Waals surface area contributed by atoms with Gasteiger partial charge in [0.1, 0.15) is 17.3 Å². The molecule has 1 heterocycles. The molecule has 3 rings (SSSR count). The average Bonchev–Trinajstić information content (AvgIpc) is 2.75. The van der Waals surface area contributed by atoms with Gasteiger partial charge in [-0.1, -0.05) is 0 Å². The topological polar surface area (TPSA) is 85.0 Å². The van der Waals surface area contributed by atoms with Gasteiger partial charge in [-0.05, 0) is 100.0 Å². The van der Waals surface area contributed by atoms with Crippen molar-refractivity contribution in [1.82, 2.24) is 4.90 Å². The standard InChI is InChI=1S/C23H28I2N2O4/c24-21-14-16(15-22(25)23(21)31-20-5-3-18(28)4-6-20)13-17(26)1-2-19(29)7-8-27-9-11-30-12-10-27/h3-6,14-15,17,28H,1-2,7-13,26H2/t17-/m1/s1. The molecule has 1 aliphatic rings. The molecule has 0 saturated carbocycles. The highest BCUT2D eigenvalue weighted by Gasteiger charge is 2.15. The van der Waals surface area contributed by atoms with Gasteiger partial charge in [-0.2, -0.15) is 0 Å². The van der Waals surface area contributed by atoms with Crippen molar-refractivity contribution >= 4 is 51.0 Å². The summed E-state index contributed by atoms with van der Waals surface area (Å²) in [6.45, 7) is 4.16. The van der Waals surface area contributed by atoms with Crippen LogP contribution in [-0.2, 0) is 16.0 Å². The van der Waals surface area contributed by atoms with E-state index in [-0.39, 0.29) is 17.6 Å². The highest BCUT2D eigenvalue weighted by atomic mass is 127. The number of phenols is 1. The van der Waals surface area contributed by atoms with Crippen molar-refractivity contribution in [2.45, 2.75) is 31.7 Å². The molecule has 8 heteroatoms. The van der Waals surface area contributed by atoms with Crippen LogP contribution in [0.3, 0.4) is 0 Å². The number of nitrogens with zero attached hydrogens (tertiary/aromatic N) is 1. The monoisotopic (exact) mass is 650 g/mol. The maximum atomic E-state index is 12.2. The maximum Gasteiger partial charge on any atom is 0.154 e. The number of hydrogen-bond donors (Lipinski definition) is 2. The van der Waals surface area contributed by atoms with Crippen LogP contribution in [-0.4, -0.2) is 54.7 Å². The van der Waals surface area contributed by atoms with E-state index in [2.05, 4.69) is 62.2 Å². The fourth-order valence-electron chi connectivity index (χ4n) is 3.44. The molecule has 1 aliphatic heterocycles. The first-order valence-electron chi connectivity index (χ1n) is 10.4. The van der Waals surface area contributed by atoms with E-state index < -0.39 is 0 Å². The molecule has 31 heavy (non-hydrogen) atoms. The number of carbonyl (C=O) groups is 1. The third-order valence-electron chi connectivity index (χ3n) is 5.22. The van der Waals surface area contributed by atoms with Gasteiger partial charge in [-0.15, -0.1) is 0 Å². The van der Waals surface area contributed by atoms with Crippen molar-refractivity contribution in [3.8, 4) is 17.2 Å². The number of hydrogen-bond acceptors (Lipinski definition) is 6. The molecular weight excluding hydrogens is 622 g/mol. The number of phenolic OH excluding ortho intramolecular Hbond substituents is 1. The lowest BCUT2D eigenvalue weighted by atomic mass is 10.0. The van der Waals surface area contributed by atoms with Crippen molar-refractivity contribution in [1.29, 1.82) is 0 Å². The Hall–Kier alpha value is -0.950. The van der Waals surface area contributed by atoms with Crippen molar-refractivity contribution in [3.05, 3.63) is 49.1 Å². The number of morpholine rings is 1. The van der Waals surface area contributed by atoms with Gasteiger partial charge in [-0.3, -0.25) is 9.69 Å². The zero-order valence-corrected chi connectivity index (χ0v) is 21.7. The molecule has 0 unspecified atom stereocenters.